The number of hydrogen-bond acceptors (Lipinski definition) is 3. The number of anilines is 2. The number of benzene rings is 2. The van der Waals surface area contributed by atoms with Crippen molar-refractivity contribution in [1.82, 2.24) is 0 Å². The smallest absolute Gasteiger partial charge is 0.453 e. The molecule has 1 amide bonds. The van der Waals surface area contributed by atoms with Gasteiger partial charge in [0, 0.05) is 12.1 Å². The van der Waals surface area contributed by atoms with Gasteiger partial charge in [-0.25, -0.2) is 8.78 Å². The fourth-order valence-electron chi connectivity index (χ4n) is 1.62. The Kier molecular flexibility index (Phi) is 4.97. The molecule has 0 spiro atoms. The van der Waals surface area contributed by atoms with Crippen LogP contribution in [0.2, 0.25) is 0 Å². The Morgan fingerprint density at radius 2 is 1.79 bits per heavy atom. The summed E-state index contributed by atoms with van der Waals surface area (Å²) >= 11 is 3.05. The van der Waals surface area contributed by atoms with Crippen LogP contribution in [0.5, 0.6) is 11.5 Å². The van der Waals surface area contributed by atoms with Gasteiger partial charge in [0.2, 0.25) is 0 Å². The average molecular weight is 411 g/mol. The molecule has 3 N–H and O–H groups in total. The third-order valence-electron chi connectivity index (χ3n) is 2.72. The molecule has 2 aromatic rings. The Morgan fingerprint density at radius 1 is 1.12 bits per heavy atom. The van der Waals surface area contributed by atoms with E-state index in [0.29, 0.717) is 6.07 Å². The van der Waals surface area contributed by atoms with E-state index in [1.165, 1.54) is 6.07 Å². The standard InChI is InChI=1S/C14H8BrF5N2O2/c15-7-4-9(21)10(22-13(23)14(18,19)20)5-12(7)24-11-2-1-6(16)3-8(11)17/h1-5H,21H2,(H,22,23). The van der Waals surface area contributed by atoms with Gasteiger partial charge in [0.05, 0.1) is 15.8 Å². The van der Waals surface area contributed by atoms with Crippen LogP contribution in [0.15, 0.2) is 34.8 Å². The molecule has 0 aromatic heterocycles. The molecule has 4 nitrogen and oxygen atoms in total. The van der Waals surface area contributed by atoms with Crippen molar-refractivity contribution in [3.63, 3.8) is 0 Å². The van der Waals surface area contributed by atoms with E-state index in [-0.39, 0.29) is 27.3 Å². The zero-order valence-corrected chi connectivity index (χ0v) is 13.1. The highest BCUT2D eigenvalue weighted by Gasteiger charge is 2.39. The van der Waals surface area contributed by atoms with Crippen LogP contribution in [0.25, 0.3) is 0 Å². The minimum atomic E-state index is -5.11. The summed E-state index contributed by atoms with van der Waals surface area (Å²) in [5.41, 5.74) is 4.98. The van der Waals surface area contributed by atoms with Gasteiger partial charge in [0.25, 0.3) is 0 Å². The van der Waals surface area contributed by atoms with Gasteiger partial charge in [-0.05, 0) is 34.1 Å². The zero-order chi connectivity index (χ0) is 18.1. The van der Waals surface area contributed by atoms with Crippen LogP contribution in [0.4, 0.5) is 33.3 Å². The van der Waals surface area contributed by atoms with E-state index < -0.39 is 23.7 Å². The van der Waals surface area contributed by atoms with Crippen LogP contribution >= 0.6 is 15.9 Å². The molecule has 128 valence electrons. The summed E-state index contributed by atoms with van der Waals surface area (Å²) < 4.78 is 68.7. The van der Waals surface area contributed by atoms with E-state index in [1.54, 1.807) is 5.32 Å². The number of alkyl halides is 3. The van der Waals surface area contributed by atoms with Crippen molar-refractivity contribution >= 4 is 33.2 Å². The molecule has 2 aromatic carbocycles. The number of amides is 1. The largest absolute Gasteiger partial charge is 0.471 e. The molecule has 0 atom stereocenters. The number of nitrogen functional groups attached to an aromatic ring is 1. The maximum Gasteiger partial charge on any atom is 0.471 e. The van der Waals surface area contributed by atoms with Crippen LogP contribution in [-0.4, -0.2) is 12.1 Å². The lowest BCUT2D eigenvalue weighted by Crippen LogP contribution is -2.30. The lowest BCUT2D eigenvalue weighted by Gasteiger charge is -2.14. The maximum atomic E-state index is 13.6. The molecule has 0 aliphatic heterocycles. The number of rotatable bonds is 3. The van der Waals surface area contributed by atoms with Gasteiger partial charge in [-0.15, -0.1) is 0 Å². The Morgan fingerprint density at radius 3 is 2.38 bits per heavy atom. The average Bonchev–Trinajstić information content (AvgIpc) is 2.45. The highest BCUT2D eigenvalue weighted by molar-refractivity contribution is 9.10. The molecule has 0 fully saturated rings. The summed E-state index contributed by atoms with van der Waals surface area (Å²) in [5.74, 6) is -4.56. The lowest BCUT2D eigenvalue weighted by atomic mass is 10.2. The van der Waals surface area contributed by atoms with Crippen LogP contribution in [0.1, 0.15) is 0 Å². The molecule has 24 heavy (non-hydrogen) atoms. The second-order valence-corrected chi connectivity index (χ2v) is 5.35. The molecule has 0 heterocycles. The predicted octanol–water partition coefficient (Wildman–Crippen LogP) is 4.60. The normalized spacial score (nSPS) is 11.2. The minimum Gasteiger partial charge on any atom is -0.453 e. The number of ether oxygens (including phenoxy) is 1. The predicted molar refractivity (Wildman–Crippen MR) is 79.7 cm³/mol. The molecule has 2 rings (SSSR count). The molecule has 0 unspecified atom stereocenters. The molecule has 0 aliphatic carbocycles. The van der Waals surface area contributed by atoms with E-state index in [4.69, 9.17) is 10.5 Å². The van der Waals surface area contributed by atoms with Gasteiger partial charge in [-0.1, -0.05) is 0 Å². The fourth-order valence-corrected chi connectivity index (χ4v) is 2.07. The van der Waals surface area contributed by atoms with Crippen LogP contribution in [-0.2, 0) is 4.79 Å². The highest BCUT2D eigenvalue weighted by atomic mass is 79.9. The zero-order valence-electron chi connectivity index (χ0n) is 11.5. The Bertz CT molecular complexity index is 795. The van der Waals surface area contributed by atoms with Crippen LogP contribution in [0, 0.1) is 11.6 Å². The summed E-state index contributed by atoms with van der Waals surface area (Å²) in [6.07, 6.45) is -5.11. The Labute approximate surface area is 140 Å². The van der Waals surface area contributed by atoms with Gasteiger partial charge in [-0.3, -0.25) is 4.79 Å². The van der Waals surface area contributed by atoms with Crippen molar-refractivity contribution in [3.8, 4) is 11.5 Å². The van der Waals surface area contributed by atoms with Gasteiger partial charge in [0.15, 0.2) is 11.6 Å². The molecule has 0 bridgehead atoms. The number of halogens is 6. The van der Waals surface area contributed by atoms with Gasteiger partial charge >= 0.3 is 12.1 Å². The third-order valence-corrected chi connectivity index (χ3v) is 3.34. The van der Waals surface area contributed by atoms with E-state index >= 15 is 0 Å². The fraction of sp³-hybridized carbons (Fsp3) is 0.0714. The van der Waals surface area contributed by atoms with E-state index in [0.717, 1.165) is 18.2 Å². The quantitative estimate of drug-likeness (QED) is 0.573. The first-order chi connectivity index (χ1) is 11.1. The second-order valence-electron chi connectivity index (χ2n) is 4.50. The number of carbonyl (C=O) groups is 1. The minimum absolute atomic E-state index is 0.132. The van der Waals surface area contributed by atoms with E-state index in [2.05, 4.69) is 15.9 Å². The molecule has 0 aliphatic rings. The molecular formula is C14H8BrF5N2O2. The third kappa shape index (κ3) is 4.13. The summed E-state index contributed by atoms with van der Waals surface area (Å²) in [6.45, 7) is 0. The summed E-state index contributed by atoms with van der Waals surface area (Å²) in [6, 6.07) is 4.67. The first-order valence-electron chi connectivity index (χ1n) is 6.18. The van der Waals surface area contributed by atoms with Gasteiger partial charge in [0.1, 0.15) is 11.6 Å². The number of nitrogens with one attached hydrogen (secondary N) is 1. The summed E-state index contributed by atoms with van der Waals surface area (Å²) in [5, 5.41) is 1.58. The summed E-state index contributed by atoms with van der Waals surface area (Å²) in [4.78, 5) is 11.0. The Hall–Kier alpha value is -2.36. The van der Waals surface area contributed by atoms with Crippen LogP contribution in [0.3, 0.4) is 0 Å². The molecule has 10 heteroatoms. The highest BCUT2D eigenvalue weighted by Crippen LogP contribution is 2.37. The van der Waals surface area contributed by atoms with Crippen molar-refractivity contribution in [2.24, 2.45) is 0 Å². The van der Waals surface area contributed by atoms with Crippen molar-refractivity contribution in [1.29, 1.82) is 0 Å². The number of nitrogens with two attached hydrogens (primary N) is 1. The van der Waals surface area contributed by atoms with Gasteiger partial charge in [-0.2, -0.15) is 13.2 Å². The van der Waals surface area contributed by atoms with Crippen molar-refractivity contribution in [3.05, 3.63) is 46.4 Å². The first-order valence-corrected chi connectivity index (χ1v) is 6.97. The SMILES string of the molecule is Nc1cc(Br)c(Oc2ccc(F)cc2F)cc1NC(=O)C(F)(F)F. The number of hydrogen-bond donors (Lipinski definition) is 2. The molecular weight excluding hydrogens is 403 g/mol. The van der Waals surface area contributed by atoms with Gasteiger partial charge < -0.3 is 15.8 Å². The van der Waals surface area contributed by atoms with Crippen LogP contribution < -0.4 is 15.8 Å². The van der Waals surface area contributed by atoms with E-state index in [1.807, 2.05) is 0 Å². The lowest BCUT2D eigenvalue weighted by molar-refractivity contribution is -0.167. The Balaban J connectivity index is 2.34. The van der Waals surface area contributed by atoms with E-state index in [9.17, 15) is 26.7 Å². The summed E-state index contributed by atoms with van der Waals surface area (Å²) in [7, 11) is 0. The topological polar surface area (TPSA) is 64.3 Å². The maximum absolute atomic E-state index is 13.6. The monoisotopic (exact) mass is 410 g/mol. The molecule has 0 saturated heterocycles. The number of carbonyl (C=O) groups excluding carboxylic acids is 1. The molecule has 0 radical (unpaired) electrons. The van der Waals surface area contributed by atoms with Crippen molar-refractivity contribution in [2.45, 2.75) is 6.18 Å². The molecule has 0 saturated carbocycles. The van der Waals surface area contributed by atoms with Crippen molar-refractivity contribution in [2.75, 3.05) is 11.1 Å². The first kappa shape index (κ1) is 18.0. The second kappa shape index (κ2) is 6.63. The van der Waals surface area contributed by atoms with Crippen molar-refractivity contribution < 1.29 is 31.5 Å².